The Labute approximate surface area is 126 Å². The van der Waals surface area contributed by atoms with Crippen LogP contribution in [0.25, 0.3) is 0 Å². The second kappa shape index (κ2) is 6.87. The van der Waals surface area contributed by atoms with E-state index in [0.717, 1.165) is 6.07 Å². The first-order valence-corrected chi connectivity index (χ1v) is 6.98. The van der Waals surface area contributed by atoms with Crippen LogP contribution in [0.4, 0.5) is 18.9 Å². The van der Waals surface area contributed by atoms with E-state index >= 15 is 0 Å². The van der Waals surface area contributed by atoms with Gasteiger partial charge in [0.05, 0.1) is 18.7 Å². The van der Waals surface area contributed by atoms with Crippen LogP contribution in [0.5, 0.6) is 0 Å². The Hall–Kier alpha value is -1.96. The molecule has 0 aliphatic carbocycles. The molecule has 1 aliphatic heterocycles. The van der Waals surface area contributed by atoms with E-state index in [2.05, 4.69) is 15.8 Å². The average molecular weight is 317 g/mol. The lowest BCUT2D eigenvalue weighted by Gasteiger charge is -2.21. The highest BCUT2D eigenvalue weighted by molar-refractivity contribution is 5.95. The fraction of sp³-hybridized carbons (Fsp3) is 0.500. The van der Waals surface area contributed by atoms with Crippen LogP contribution in [0.2, 0.25) is 0 Å². The Kier molecular flexibility index (Phi) is 5.12. The number of nitrogens with zero attached hydrogens (tertiary/aromatic N) is 1. The molecule has 1 aromatic rings. The first kappa shape index (κ1) is 16.4. The zero-order valence-corrected chi connectivity index (χ0v) is 12.1. The van der Waals surface area contributed by atoms with Gasteiger partial charge in [0.25, 0.3) is 0 Å². The van der Waals surface area contributed by atoms with E-state index in [0.29, 0.717) is 19.6 Å². The minimum absolute atomic E-state index is 0.0680. The van der Waals surface area contributed by atoms with Crippen LogP contribution in [-0.4, -0.2) is 36.8 Å². The van der Waals surface area contributed by atoms with Crippen LogP contribution in [0, 0.1) is 0 Å². The van der Waals surface area contributed by atoms with Gasteiger partial charge >= 0.3 is 6.18 Å². The minimum atomic E-state index is -4.52. The zero-order valence-electron chi connectivity index (χ0n) is 12.1. The van der Waals surface area contributed by atoms with Gasteiger partial charge in [-0.05, 0) is 24.6 Å². The number of nitrogens with one attached hydrogen (secondary N) is 2. The van der Waals surface area contributed by atoms with Crippen molar-refractivity contribution in [2.24, 2.45) is 5.10 Å². The van der Waals surface area contributed by atoms with Crippen molar-refractivity contribution in [2.45, 2.75) is 25.6 Å². The molecule has 1 atom stereocenters. The summed E-state index contributed by atoms with van der Waals surface area (Å²) in [6.07, 6.45) is -4.01. The molecule has 0 aromatic heterocycles. The van der Waals surface area contributed by atoms with Crippen LogP contribution in [0.15, 0.2) is 23.3 Å². The lowest BCUT2D eigenvalue weighted by Crippen LogP contribution is -2.27. The first-order valence-electron chi connectivity index (χ1n) is 6.98. The zero-order chi connectivity index (χ0) is 16.2. The molecule has 22 heavy (non-hydrogen) atoms. The molecule has 0 radical (unpaired) electrons. The number of ether oxygens (including phenoxy) is 1. The summed E-state index contributed by atoms with van der Waals surface area (Å²) in [6, 6.07) is 3.40. The Bertz CT molecular complexity index is 543. The van der Waals surface area contributed by atoms with E-state index < -0.39 is 17.8 Å². The average Bonchev–Trinajstić information content (AvgIpc) is 2.52. The van der Waals surface area contributed by atoms with Gasteiger partial charge in [-0.2, -0.15) is 13.2 Å². The molecule has 3 N–H and O–H groups in total. The molecule has 0 saturated carbocycles. The van der Waals surface area contributed by atoms with E-state index in [4.69, 9.17) is 9.84 Å². The van der Waals surface area contributed by atoms with Crippen molar-refractivity contribution >= 4 is 11.6 Å². The smallest absolute Gasteiger partial charge is 0.418 e. The molecular formula is C14H18F3N3O2. The molecule has 1 aliphatic rings. The van der Waals surface area contributed by atoms with Crippen LogP contribution in [0.3, 0.4) is 0 Å². The maximum absolute atomic E-state index is 13.3. The van der Waals surface area contributed by atoms with Gasteiger partial charge in [-0.1, -0.05) is 6.92 Å². The number of anilines is 1. The summed E-state index contributed by atoms with van der Waals surface area (Å²) in [6.45, 7) is 2.41. The summed E-state index contributed by atoms with van der Waals surface area (Å²) in [7, 11) is 0. The first-order chi connectivity index (χ1) is 10.5. The summed E-state index contributed by atoms with van der Waals surface area (Å²) in [5.74, 6) is 0.137. The van der Waals surface area contributed by atoms with E-state index in [-0.39, 0.29) is 23.8 Å². The summed E-state index contributed by atoms with van der Waals surface area (Å²) < 4.78 is 45.0. The van der Waals surface area contributed by atoms with Crippen molar-refractivity contribution in [3.63, 3.8) is 0 Å². The highest BCUT2D eigenvalue weighted by atomic mass is 19.4. The molecule has 8 heteroatoms. The molecular weight excluding hydrogens is 299 g/mol. The number of alkyl halides is 3. The van der Waals surface area contributed by atoms with Gasteiger partial charge in [0.2, 0.25) is 5.90 Å². The Morgan fingerprint density at radius 3 is 2.77 bits per heavy atom. The van der Waals surface area contributed by atoms with Crippen molar-refractivity contribution in [3.05, 3.63) is 29.3 Å². The van der Waals surface area contributed by atoms with Gasteiger partial charge in [0.15, 0.2) is 0 Å². The van der Waals surface area contributed by atoms with E-state index in [1.807, 2.05) is 0 Å². The third-order valence-corrected chi connectivity index (χ3v) is 3.28. The standard InChI is InChI=1S/C14H18F3N3O2/c1-2-10(8-21)19-12-4-3-9(7-11(12)14(15,16)17)13-20-18-5-6-22-13/h3-4,7,10,18-19,21H,2,5-6,8H2,1H3/t10-/m0/s1. The number of hydrogen-bond acceptors (Lipinski definition) is 5. The topological polar surface area (TPSA) is 65.9 Å². The molecule has 0 spiro atoms. The monoisotopic (exact) mass is 317 g/mol. The maximum Gasteiger partial charge on any atom is 0.418 e. The van der Waals surface area contributed by atoms with Crippen molar-refractivity contribution < 1.29 is 23.0 Å². The SMILES string of the molecule is CC[C@@H](CO)Nc1ccc(C2=NNCCO2)cc1C(F)(F)F. The van der Waals surface area contributed by atoms with Gasteiger partial charge in [-0.15, -0.1) is 5.10 Å². The molecule has 0 amide bonds. The Balaban J connectivity index is 2.36. The van der Waals surface area contributed by atoms with Crippen LogP contribution in [0.1, 0.15) is 24.5 Å². The molecule has 0 saturated heterocycles. The van der Waals surface area contributed by atoms with Crippen LogP contribution < -0.4 is 10.7 Å². The summed E-state index contributed by atoms with van der Waals surface area (Å²) in [5, 5.41) is 15.7. The molecule has 122 valence electrons. The number of hydrazone groups is 1. The second-order valence-corrected chi connectivity index (χ2v) is 4.86. The fourth-order valence-corrected chi connectivity index (χ4v) is 2.04. The van der Waals surface area contributed by atoms with Crippen LogP contribution >= 0.6 is 0 Å². The van der Waals surface area contributed by atoms with Gasteiger partial charge in [-0.3, -0.25) is 0 Å². The summed E-state index contributed by atoms with van der Waals surface area (Å²) in [5.41, 5.74) is 2.06. The quantitative estimate of drug-likeness (QED) is 0.779. The van der Waals surface area contributed by atoms with Gasteiger partial charge < -0.3 is 20.6 Å². The van der Waals surface area contributed by atoms with Crippen molar-refractivity contribution in [1.82, 2.24) is 5.43 Å². The molecule has 0 unspecified atom stereocenters. The predicted molar refractivity (Wildman–Crippen MR) is 76.7 cm³/mol. The highest BCUT2D eigenvalue weighted by Gasteiger charge is 2.34. The van der Waals surface area contributed by atoms with Gasteiger partial charge in [-0.25, -0.2) is 0 Å². The van der Waals surface area contributed by atoms with E-state index in [9.17, 15) is 13.2 Å². The maximum atomic E-state index is 13.3. The summed E-state index contributed by atoms with van der Waals surface area (Å²) >= 11 is 0. The number of aliphatic hydroxyl groups excluding tert-OH is 1. The molecule has 0 bridgehead atoms. The number of rotatable bonds is 5. The predicted octanol–water partition coefficient (Wildman–Crippen LogP) is 2.17. The Morgan fingerprint density at radius 2 is 2.23 bits per heavy atom. The lowest BCUT2D eigenvalue weighted by molar-refractivity contribution is -0.137. The largest absolute Gasteiger partial charge is 0.474 e. The second-order valence-electron chi connectivity index (χ2n) is 4.86. The minimum Gasteiger partial charge on any atom is -0.474 e. The molecule has 1 aromatic carbocycles. The van der Waals surface area contributed by atoms with Gasteiger partial charge in [0.1, 0.15) is 6.61 Å². The highest BCUT2D eigenvalue weighted by Crippen LogP contribution is 2.36. The lowest BCUT2D eigenvalue weighted by atomic mass is 10.1. The molecule has 1 heterocycles. The number of aliphatic hydroxyl groups is 1. The Morgan fingerprint density at radius 1 is 1.45 bits per heavy atom. The van der Waals surface area contributed by atoms with Crippen molar-refractivity contribution in [2.75, 3.05) is 25.1 Å². The van der Waals surface area contributed by atoms with E-state index in [1.165, 1.54) is 12.1 Å². The van der Waals surface area contributed by atoms with Crippen LogP contribution in [-0.2, 0) is 10.9 Å². The number of hydrogen-bond donors (Lipinski definition) is 3. The fourth-order valence-electron chi connectivity index (χ4n) is 2.04. The molecule has 2 rings (SSSR count). The number of benzene rings is 1. The van der Waals surface area contributed by atoms with Crippen molar-refractivity contribution in [3.8, 4) is 0 Å². The van der Waals surface area contributed by atoms with Gasteiger partial charge in [0, 0.05) is 17.3 Å². The van der Waals surface area contributed by atoms with E-state index in [1.54, 1.807) is 6.92 Å². The normalized spacial score (nSPS) is 16.3. The summed E-state index contributed by atoms with van der Waals surface area (Å²) in [4.78, 5) is 0. The molecule has 5 nitrogen and oxygen atoms in total. The number of halogens is 3. The molecule has 0 fully saturated rings. The third-order valence-electron chi connectivity index (χ3n) is 3.28. The van der Waals surface area contributed by atoms with Crippen molar-refractivity contribution in [1.29, 1.82) is 0 Å². The third kappa shape index (κ3) is 3.82.